The summed E-state index contributed by atoms with van der Waals surface area (Å²) in [6, 6.07) is 172. The maximum absolute atomic E-state index is 6.89. The van der Waals surface area contributed by atoms with Crippen LogP contribution in [0.4, 0.5) is 0 Å². The van der Waals surface area contributed by atoms with Gasteiger partial charge in [0, 0.05) is 88.6 Å². The van der Waals surface area contributed by atoms with Crippen LogP contribution in [0, 0.1) is 0 Å². The van der Waals surface area contributed by atoms with Crippen molar-refractivity contribution in [2.24, 2.45) is 0 Å². The molecule has 29 aromatic rings. The van der Waals surface area contributed by atoms with Crippen LogP contribution in [-0.2, 0) is 0 Å². The van der Waals surface area contributed by atoms with E-state index in [1.54, 1.807) is 6.20 Å². The summed E-state index contributed by atoms with van der Waals surface area (Å²) in [5.41, 5.74) is 31.3. The molecule has 0 aliphatic carbocycles. The zero-order valence-electron chi connectivity index (χ0n) is 74.3. The van der Waals surface area contributed by atoms with E-state index in [1.807, 2.05) is 18.3 Å². The number of benzene rings is 23. The molecule has 6 nitrogen and oxygen atoms in total. The molecular formula is C131H81N3O3. The van der Waals surface area contributed by atoms with E-state index in [0.29, 0.717) is 0 Å². The van der Waals surface area contributed by atoms with Crippen LogP contribution < -0.4 is 0 Å². The number of para-hydroxylation sites is 7. The third kappa shape index (κ3) is 12.6. The summed E-state index contributed by atoms with van der Waals surface area (Å²) in [6.45, 7) is 0. The van der Waals surface area contributed by atoms with E-state index in [0.717, 1.165) is 99.4 Å². The first-order valence-electron chi connectivity index (χ1n) is 46.9. The normalized spacial score (nSPS) is 11.8. The van der Waals surface area contributed by atoms with Gasteiger partial charge in [0.25, 0.3) is 0 Å². The van der Waals surface area contributed by atoms with E-state index in [2.05, 4.69) is 481 Å². The summed E-state index contributed by atoms with van der Waals surface area (Å²) in [5.74, 6) is 0. The molecule has 638 valence electrons. The Labute approximate surface area is 787 Å². The smallest absolute Gasteiger partial charge is 0.160 e. The summed E-state index contributed by atoms with van der Waals surface area (Å²) in [5, 5.41) is 26.6. The number of furan rings is 3. The zero-order valence-corrected chi connectivity index (χ0v) is 74.3. The highest BCUT2D eigenvalue weighted by atomic mass is 16.3. The third-order valence-electron chi connectivity index (χ3n) is 28.1. The Kier molecular flexibility index (Phi) is 18.6. The van der Waals surface area contributed by atoms with Gasteiger partial charge in [0.05, 0.1) is 27.8 Å². The van der Waals surface area contributed by atoms with Gasteiger partial charge in [-0.25, -0.2) is 0 Å². The largest absolute Gasteiger partial charge is 0.455 e. The molecule has 0 bridgehead atoms. The summed E-state index contributed by atoms with van der Waals surface area (Å²) in [4.78, 5) is 4.38. The maximum Gasteiger partial charge on any atom is 0.160 e. The van der Waals surface area contributed by atoms with Crippen LogP contribution in [-0.4, -0.2) is 14.1 Å². The van der Waals surface area contributed by atoms with Crippen molar-refractivity contribution < 1.29 is 13.3 Å². The monoisotopic (exact) mass is 1740 g/mol. The number of fused-ring (bicyclic) bond motifs is 21. The van der Waals surface area contributed by atoms with Crippen LogP contribution in [0.5, 0.6) is 0 Å². The van der Waals surface area contributed by atoms with Crippen LogP contribution in [0.2, 0.25) is 0 Å². The summed E-state index contributed by atoms with van der Waals surface area (Å²) < 4.78 is 25.1. The molecule has 0 spiro atoms. The van der Waals surface area contributed by atoms with Crippen molar-refractivity contribution in [2.75, 3.05) is 0 Å². The minimum Gasteiger partial charge on any atom is -0.455 e. The molecule has 0 saturated carbocycles. The first kappa shape index (κ1) is 78.6. The lowest BCUT2D eigenvalue weighted by Gasteiger charge is -2.19. The number of pyridine rings is 1. The Morgan fingerprint density at radius 2 is 0.438 bits per heavy atom. The van der Waals surface area contributed by atoms with Crippen LogP contribution in [0.25, 0.3) is 274 Å². The van der Waals surface area contributed by atoms with Gasteiger partial charge in [-0.1, -0.05) is 394 Å². The van der Waals surface area contributed by atoms with Gasteiger partial charge >= 0.3 is 0 Å². The van der Waals surface area contributed by atoms with E-state index < -0.39 is 0 Å². The van der Waals surface area contributed by atoms with Crippen LogP contribution >= 0.6 is 0 Å². The molecule has 6 heterocycles. The van der Waals surface area contributed by atoms with Crippen LogP contribution in [0.1, 0.15) is 0 Å². The van der Waals surface area contributed by atoms with Gasteiger partial charge < -0.3 is 22.4 Å². The highest BCUT2D eigenvalue weighted by Gasteiger charge is 2.29. The van der Waals surface area contributed by atoms with E-state index in [-0.39, 0.29) is 0 Å². The van der Waals surface area contributed by atoms with Crippen molar-refractivity contribution in [1.82, 2.24) is 14.1 Å². The zero-order chi connectivity index (χ0) is 90.1. The van der Waals surface area contributed by atoms with Crippen molar-refractivity contribution in [3.05, 3.63) is 492 Å². The summed E-state index contributed by atoms with van der Waals surface area (Å²) in [6.07, 6.45) is 3.71. The molecule has 23 aromatic carbocycles. The van der Waals surface area contributed by atoms with Crippen molar-refractivity contribution in [1.29, 1.82) is 0 Å². The molecule has 6 heteroatoms. The van der Waals surface area contributed by atoms with Gasteiger partial charge in [-0.15, -0.1) is 0 Å². The Bertz CT molecular complexity index is 9690. The molecule has 0 aliphatic rings. The highest BCUT2D eigenvalue weighted by molar-refractivity contribution is 6.31. The topological polar surface area (TPSA) is 62.2 Å². The second kappa shape index (κ2) is 32.4. The number of nitrogens with zero attached hydrogens (tertiary/aromatic N) is 3. The average Bonchev–Trinajstić information content (AvgIpc) is 1.61. The van der Waals surface area contributed by atoms with Gasteiger partial charge in [-0.3, -0.25) is 4.98 Å². The molecule has 0 N–H and O–H groups in total. The third-order valence-corrected chi connectivity index (χ3v) is 28.1. The molecule has 0 fully saturated rings. The Morgan fingerprint density at radius 1 is 0.168 bits per heavy atom. The quantitative estimate of drug-likeness (QED) is 0.128. The van der Waals surface area contributed by atoms with Gasteiger partial charge in [-0.2, -0.15) is 0 Å². The molecule has 0 atom stereocenters. The molecule has 0 unspecified atom stereocenters. The van der Waals surface area contributed by atoms with Crippen molar-refractivity contribution in [3.63, 3.8) is 0 Å². The van der Waals surface area contributed by atoms with Crippen LogP contribution in [0.3, 0.4) is 0 Å². The lowest BCUT2D eigenvalue weighted by molar-refractivity contribution is 0.666. The summed E-state index contributed by atoms with van der Waals surface area (Å²) in [7, 11) is 0. The Hall–Kier alpha value is -18.2. The second-order valence-electron chi connectivity index (χ2n) is 35.5. The molecule has 0 amide bonds. The van der Waals surface area contributed by atoms with Gasteiger partial charge in [-0.05, 0) is 222 Å². The maximum atomic E-state index is 6.89. The van der Waals surface area contributed by atoms with E-state index in [4.69, 9.17) is 13.3 Å². The fourth-order valence-electron chi connectivity index (χ4n) is 22.4. The molecule has 0 saturated heterocycles. The van der Waals surface area contributed by atoms with E-state index in [9.17, 15) is 0 Å². The van der Waals surface area contributed by atoms with E-state index in [1.165, 1.54) is 175 Å². The lowest BCUT2D eigenvalue weighted by Crippen LogP contribution is -1.96. The fraction of sp³-hybridized carbons (Fsp3) is 0. The molecule has 0 aliphatic heterocycles. The highest BCUT2D eigenvalue weighted by Crippen LogP contribution is 2.55. The van der Waals surface area contributed by atoms with Crippen molar-refractivity contribution >= 4 is 174 Å². The summed E-state index contributed by atoms with van der Waals surface area (Å²) >= 11 is 0. The predicted molar refractivity (Wildman–Crippen MR) is 576 cm³/mol. The minimum absolute atomic E-state index is 0.889. The van der Waals surface area contributed by atoms with Crippen LogP contribution in [0.15, 0.2) is 505 Å². The molecule has 6 aromatic heterocycles. The van der Waals surface area contributed by atoms with Gasteiger partial charge in [0.15, 0.2) is 5.58 Å². The minimum atomic E-state index is 0.889. The van der Waals surface area contributed by atoms with Crippen molar-refractivity contribution in [3.8, 4) is 100 Å². The SMILES string of the molecule is c1ccc(-c2c3ccccc3c(-c3ccc(-c4ccc5c(c4)c4ccccc4n5-c4ccccc4)c4oc5ccccc5c34)c3ccccc23)cc1.c1ccc(-c2c3ccccc3c(-c3ccc(-c4cccnc4)c4oc5ccccc5c34)c3ccccc23)cc1.c1ccc(-c2c3ccccc3c(-c3ccc(-n4c5ccccc5c5ccccc54)c4oc5ccccc5c34)c3ccccc23)cc1. The van der Waals surface area contributed by atoms with Crippen molar-refractivity contribution in [2.45, 2.75) is 0 Å². The molecular weight excluding hydrogens is 1660 g/mol. The molecule has 29 rings (SSSR count). The van der Waals surface area contributed by atoms with Gasteiger partial charge in [0.2, 0.25) is 0 Å². The number of aromatic nitrogens is 3. The standard InChI is InChI=1S/C50H31NO.C44H27NO.C37H23NO/c1-3-15-32(16-4-1)47-37-20-7-9-22-39(37)48(40-23-10-8-21-38(40)47)42-29-28-35(50-49(42)41-24-12-14-26-46(41)52-50)33-27-30-45-43(31-33)36-19-11-13-25-44(36)51(45)34-17-5-2-6-18-34;1-2-14-28(15-3-1)41-31-18-4-6-20-33(31)42(34-21-7-5-19-32(34)41)36-26-27-39(44-43(36)35-22-10-13-25-40(35)46-44)45-37-23-11-8-16-29(37)30-17-9-12-24-38(30)45;1-2-11-24(12-3-1)34-27-14-4-6-16-29(27)35(30-17-7-5-15-28(30)34)32-21-20-26(25-13-10-22-38-23-25)37-36(32)31-18-8-9-19-33(31)39-37/h1-31H;1-27H;1-23H. The Morgan fingerprint density at radius 3 is 0.810 bits per heavy atom. The first-order valence-corrected chi connectivity index (χ1v) is 46.9. The predicted octanol–water partition coefficient (Wildman–Crippen LogP) is 36.6. The Balaban J connectivity index is 0.000000105. The number of hydrogen-bond acceptors (Lipinski definition) is 4. The van der Waals surface area contributed by atoms with Gasteiger partial charge in [0.1, 0.15) is 27.9 Å². The fourth-order valence-corrected chi connectivity index (χ4v) is 22.4. The number of hydrogen-bond donors (Lipinski definition) is 0. The molecule has 137 heavy (non-hydrogen) atoms. The lowest BCUT2D eigenvalue weighted by atomic mass is 9.84. The first-order chi connectivity index (χ1) is 68.1. The van der Waals surface area contributed by atoms with E-state index >= 15 is 0 Å². The number of rotatable bonds is 10. The molecule has 0 radical (unpaired) electrons. The average molecular weight is 1750 g/mol. The second-order valence-corrected chi connectivity index (χ2v) is 35.5.